The number of carbonyl (C=O) groups is 2. The maximum absolute atomic E-state index is 11.9. The largest absolute Gasteiger partial charge is 0.456 e. The predicted molar refractivity (Wildman–Crippen MR) is 96.5 cm³/mol. The van der Waals surface area contributed by atoms with Gasteiger partial charge in [0.2, 0.25) is 11.7 Å². The molecule has 0 unspecified atom stereocenters. The van der Waals surface area contributed by atoms with Gasteiger partial charge in [0.1, 0.15) is 0 Å². The average molecular weight is 377 g/mol. The molecule has 1 fully saturated rings. The third-order valence-corrected chi connectivity index (χ3v) is 5.20. The van der Waals surface area contributed by atoms with Crippen molar-refractivity contribution in [3.05, 3.63) is 23.4 Å². The number of nitrogens with one attached hydrogen (secondary N) is 1. The number of hydrogen-bond acceptors (Lipinski definition) is 7. The van der Waals surface area contributed by atoms with Crippen LogP contribution in [0.1, 0.15) is 50.8 Å². The van der Waals surface area contributed by atoms with Crippen LogP contribution in [0.3, 0.4) is 0 Å². The summed E-state index contributed by atoms with van der Waals surface area (Å²) >= 11 is 1.52. The summed E-state index contributed by atoms with van der Waals surface area (Å²) in [5.74, 6) is 0.222. The molecular weight excluding hydrogens is 354 g/mol. The molecule has 1 aliphatic rings. The highest BCUT2D eigenvalue weighted by molar-refractivity contribution is 7.13. The van der Waals surface area contributed by atoms with E-state index >= 15 is 0 Å². The zero-order chi connectivity index (χ0) is 18.2. The summed E-state index contributed by atoms with van der Waals surface area (Å²) in [7, 11) is 0. The first-order valence-electron chi connectivity index (χ1n) is 9.02. The molecule has 7 nitrogen and oxygen atoms in total. The quantitative estimate of drug-likeness (QED) is 0.588. The second-order valence-electron chi connectivity index (χ2n) is 6.41. The van der Waals surface area contributed by atoms with E-state index in [1.165, 1.54) is 24.2 Å². The van der Waals surface area contributed by atoms with E-state index in [2.05, 4.69) is 15.5 Å². The van der Waals surface area contributed by atoms with Crippen molar-refractivity contribution in [2.75, 3.05) is 6.61 Å². The van der Waals surface area contributed by atoms with E-state index in [4.69, 9.17) is 9.26 Å². The minimum atomic E-state index is -0.447. The Morgan fingerprint density at radius 2 is 2.08 bits per heavy atom. The summed E-state index contributed by atoms with van der Waals surface area (Å²) < 4.78 is 10.2. The molecule has 1 saturated carbocycles. The summed E-state index contributed by atoms with van der Waals surface area (Å²) in [6, 6.07) is 4.02. The standard InChI is InChI=1S/C18H23N3O4S/c22-15(19-13-6-3-1-2-4-7-13)12-24-17(23)10-9-16-20-18(21-25-16)14-8-5-11-26-14/h5,8,11,13H,1-4,6-7,9-10,12H2,(H,19,22). The monoisotopic (exact) mass is 377 g/mol. The van der Waals surface area contributed by atoms with Gasteiger partial charge in [-0.05, 0) is 24.3 Å². The van der Waals surface area contributed by atoms with E-state index in [0.717, 1.165) is 30.6 Å². The van der Waals surface area contributed by atoms with Gasteiger partial charge in [0.25, 0.3) is 5.91 Å². The van der Waals surface area contributed by atoms with Gasteiger partial charge < -0.3 is 14.6 Å². The van der Waals surface area contributed by atoms with Gasteiger partial charge in [0, 0.05) is 12.5 Å². The lowest BCUT2D eigenvalue weighted by molar-refractivity contribution is -0.148. The Kier molecular flexibility index (Phi) is 6.76. The number of hydrogen-bond donors (Lipinski definition) is 1. The molecule has 8 heteroatoms. The van der Waals surface area contributed by atoms with Crippen LogP contribution in [0.25, 0.3) is 10.7 Å². The number of thiophene rings is 1. The van der Waals surface area contributed by atoms with Gasteiger partial charge in [-0.2, -0.15) is 4.98 Å². The molecule has 3 rings (SSSR count). The number of aryl methyl sites for hydroxylation is 1. The lowest BCUT2D eigenvalue weighted by Gasteiger charge is -2.16. The van der Waals surface area contributed by atoms with Crippen LogP contribution in [0.15, 0.2) is 22.0 Å². The fourth-order valence-electron chi connectivity index (χ4n) is 2.98. The van der Waals surface area contributed by atoms with Crippen molar-refractivity contribution in [2.45, 2.75) is 57.4 Å². The lowest BCUT2D eigenvalue weighted by Crippen LogP contribution is -2.37. The van der Waals surface area contributed by atoms with Gasteiger partial charge in [-0.3, -0.25) is 9.59 Å². The van der Waals surface area contributed by atoms with Gasteiger partial charge in [-0.25, -0.2) is 0 Å². The third-order valence-electron chi connectivity index (χ3n) is 4.34. The van der Waals surface area contributed by atoms with Crippen LogP contribution in [0.5, 0.6) is 0 Å². The van der Waals surface area contributed by atoms with E-state index in [9.17, 15) is 9.59 Å². The van der Waals surface area contributed by atoms with Crippen LogP contribution >= 0.6 is 11.3 Å². The fourth-order valence-corrected chi connectivity index (χ4v) is 3.63. The van der Waals surface area contributed by atoms with E-state index in [0.29, 0.717) is 18.1 Å². The number of amides is 1. The first kappa shape index (κ1) is 18.6. The topological polar surface area (TPSA) is 94.3 Å². The molecule has 2 heterocycles. The van der Waals surface area contributed by atoms with Crippen LogP contribution in [0.2, 0.25) is 0 Å². The van der Waals surface area contributed by atoms with Crippen LogP contribution in [-0.2, 0) is 20.7 Å². The van der Waals surface area contributed by atoms with Crippen LogP contribution in [0, 0.1) is 0 Å². The first-order valence-corrected chi connectivity index (χ1v) is 9.90. The number of carbonyl (C=O) groups excluding carboxylic acids is 2. The normalized spacial score (nSPS) is 15.4. The molecule has 1 aliphatic carbocycles. The number of ether oxygens (including phenoxy) is 1. The van der Waals surface area contributed by atoms with E-state index in [-0.39, 0.29) is 25.0 Å². The van der Waals surface area contributed by atoms with Crippen molar-refractivity contribution < 1.29 is 18.8 Å². The van der Waals surface area contributed by atoms with E-state index in [1.807, 2.05) is 17.5 Å². The molecule has 140 valence electrons. The van der Waals surface area contributed by atoms with Gasteiger partial charge in [-0.15, -0.1) is 11.3 Å². The molecule has 0 atom stereocenters. The Morgan fingerprint density at radius 3 is 2.81 bits per heavy atom. The summed E-state index contributed by atoms with van der Waals surface area (Å²) in [6.45, 7) is -0.236. The summed E-state index contributed by atoms with van der Waals surface area (Å²) in [6.07, 6.45) is 7.14. The third kappa shape index (κ3) is 5.66. The number of aromatic nitrogens is 2. The molecule has 26 heavy (non-hydrogen) atoms. The van der Waals surface area contributed by atoms with Crippen molar-refractivity contribution >= 4 is 23.2 Å². The molecule has 0 radical (unpaired) electrons. The summed E-state index contributed by atoms with van der Waals surface area (Å²) in [4.78, 5) is 28.9. The number of esters is 1. The zero-order valence-electron chi connectivity index (χ0n) is 14.6. The van der Waals surface area contributed by atoms with Crippen molar-refractivity contribution in [3.63, 3.8) is 0 Å². The molecular formula is C18H23N3O4S. The second-order valence-corrected chi connectivity index (χ2v) is 7.35. The molecule has 1 N–H and O–H groups in total. The Hall–Kier alpha value is -2.22. The van der Waals surface area contributed by atoms with E-state index < -0.39 is 5.97 Å². The van der Waals surface area contributed by atoms with E-state index in [1.54, 1.807) is 0 Å². The Labute approximate surface area is 156 Å². The highest BCUT2D eigenvalue weighted by Gasteiger charge is 2.16. The van der Waals surface area contributed by atoms with Crippen molar-refractivity contribution in [3.8, 4) is 10.7 Å². The molecule has 2 aromatic heterocycles. The van der Waals surface area contributed by atoms with Gasteiger partial charge in [-0.1, -0.05) is 36.9 Å². The van der Waals surface area contributed by atoms with Crippen LogP contribution < -0.4 is 5.32 Å². The first-order chi connectivity index (χ1) is 12.7. The lowest BCUT2D eigenvalue weighted by atomic mass is 10.1. The van der Waals surface area contributed by atoms with Crippen LogP contribution in [-0.4, -0.2) is 34.7 Å². The summed E-state index contributed by atoms with van der Waals surface area (Å²) in [5.41, 5.74) is 0. The van der Waals surface area contributed by atoms with Crippen LogP contribution in [0.4, 0.5) is 0 Å². The second kappa shape index (κ2) is 9.47. The fraction of sp³-hybridized carbons (Fsp3) is 0.556. The minimum absolute atomic E-state index is 0.1000. The Morgan fingerprint density at radius 1 is 1.27 bits per heavy atom. The summed E-state index contributed by atoms with van der Waals surface area (Å²) in [5, 5.41) is 8.78. The van der Waals surface area contributed by atoms with Crippen molar-refractivity contribution in [1.29, 1.82) is 0 Å². The maximum Gasteiger partial charge on any atom is 0.306 e. The van der Waals surface area contributed by atoms with Crippen molar-refractivity contribution in [1.82, 2.24) is 15.5 Å². The molecule has 0 saturated heterocycles. The average Bonchev–Trinajstić information content (AvgIpc) is 3.26. The number of rotatable bonds is 7. The molecule has 0 aliphatic heterocycles. The highest BCUT2D eigenvalue weighted by atomic mass is 32.1. The molecule has 2 aromatic rings. The SMILES string of the molecule is O=C(COC(=O)CCc1nc(-c2cccs2)no1)NC1CCCCCC1. The molecule has 0 spiro atoms. The molecule has 0 aromatic carbocycles. The van der Waals surface area contributed by atoms with Crippen molar-refractivity contribution in [2.24, 2.45) is 0 Å². The maximum atomic E-state index is 11.9. The molecule has 1 amide bonds. The minimum Gasteiger partial charge on any atom is -0.456 e. The molecule has 0 bridgehead atoms. The zero-order valence-corrected chi connectivity index (χ0v) is 15.4. The smallest absolute Gasteiger partial charge is 0.306 e. The van der Waals surface area contributed by atoms with Gasteiger partial charge in [0.15, 0.2) is 6.61 Å². The predicted octanol–water partition coefficient (Wildman–Crippen LogP) is 3.11. The Balaban J connectivity index is 1.35. The number of nitrogens with zero attached hydrogens (tertiary/aromatic N) is 2. The highest BCUT2D eigenvalue weighted by Crippen LogP contribution is 2.21. The van der Waals surface area contributed by atoms with Gasteiger partial charge >= 0.3 is 5.97 Å². The Bertz CT molecular complexity index is 706. The van der Waals surface area contributed by atoms with Gasteiger partial charge in [0.05, 0.1) is 11.3 Å².